The average Bonchev–Trinajstić information content (AvgIpc) is 2.61. The molecule has 0 aliphatic rings. The number of rotatable bonds is 7. The van der Waals surface area contributed by atoms with Crippen molar-refractivity contribution in [2.24, 2.45) is 0 Å². The molecule has 0 radical (unpaired) electrons. The zero-order valence-corrected chi connectivity index (χ0v) is 14.4. The van der Waals surface area contributed by atoms with E-state index >= 15 is 0 Å². The van der Waals surface area contributed by atoms with Crippen LogP contribution in [0, 0.1) is 5.82 Å². The summed E-state index contributed by atoms with van der Waals surface area (Å²) in [6.45, 7) is 1.86. The first-order valence-electron chi connectivity index (χ1n) is 8.21. The standard InChI is InChI=1S/C20H22FNO3/c1-3-25-20(24)14-22(2)19(23)13-17(15-9-5-4-6-10-15)16-11-7-8-12-18(16)21/h4-12,17H,3,13-14H2,1-2H3/t17-/m0/s1. The van der Waals surface area contributed by atoms with Crippen LogP contribution in [-0.4, -0.2) is 37.0 Å². The Morgan fingerprint density at radius 3 is 2.36 bits per heavy atom. The van der Waals surface area contributed by atoms with Gasteiger partial charge in [-0.05, 0) is 24.1 Å². The van der Waals surface area contributed by atoms with Crippen LogP contribution in [0.2, 0.25) is 0 Å². The summed E-state index contributed by atoms with van der Waals surface area (Å²) in [6, 6.07) is 15.8. The molecule has 2 rings (SSSR count). The summed E-state index contributed by atoms with van der Waals surface area (Å²) in [5, 5.41) is 0. The van der Waals surface area contributed by atoms with Crippen molar-refractivity contribution in [3.63, 3.8) is 0 Å². The predicted molar refractivity (Wildman–Crippen MR) is 93.6 cm³/mol. The van der Waals surface area contributed by atoms with E-state index in [9.17, 15) is 14.0 Å². The third kappa shape index (κ3) is 5.14. The van der Waals surface area contributed by atoms with Gasteiger partial charge in [0, 0.05) is 19.4 Å². The fraction of sp³-hybridized carbons (Fsp3) is 0.300. The normalized spacial score (nSPS) is 11.6. The van der Waals surface area contributed by atoms with Crippen molar-refractivity contribution in [3.05, 3.63) is 71.5 Å². The maximum absolute atomic E-state index is 14.3. The number of likely N-dealkylation sites (N-methyl/N-ethyl adjacent to an activating group) is 1. The molecule has 0 heterocycles. The maximum atomic E-state index is 14.3. The Hall–Kier alpha value is -2.69. The van der Waals surface area contributed by atoms with Crippen LogP contribution in [0.15, 0.2) is 54.6 Å². The second-order valence-corrected chi connectivity index (χ2v) is 5.74. The first-order valence-corrected chi connectivity index (χ1v) is 8.21. The van der Waals surface area contributed by atoms with Gasteiger partial charge in [-0.3, -0.25) is 9.59 Å². The molecule has 0 unspecified atom stereocenters. The highest BCUT2D eigenvalue weighted by atomic mass is 19.1. The van der Waals surface area contributed by atoms with Gasteiger partial charge in [-0.15, -0.1) is 0 Å². The van der Waals surface area contributed by atoms with Gasteiger partial charge in [0.05, 0.1) is 6.61 Å². The number of halogens is 1. The first-order chi connectivity index (χ1) is 12.0. The molecule has 0 aliphatic carbocycles. The topological polar surface area (TPSA) is 46.6 Å². The van der Waals surface area contributed by atoms with Crippen LogP contribution in [-0.2, 0) is 14.3 Å². The summed E-state index contributed by atoms with van der Waals surface area (Å²) in [7, 11) is 1.54. The minimum atomic E-state index is -0.458. The van der Waals surface area contributed by atoms with E-state index in [1.807, 2.05) is 30.3 Å². The molecule has 2 aromatic rings. The predicted octanol–water partition coefficient (Wildman–Crippen LogP) is 3.37. The van der Waals surface area contributed by atoms with Gasteiger partial charge in [0.2, 0.25) is 5.91 Å². The number of amides is 1. The number of carbonyl (C=O) groups is 2. The van der Waals surface area contributed by atoms with Gasteiger partial charge in [-0.1, -0.05) is 48.5 Å². The monoisotopic (exact) mass is 343 g/mol. The summed E-state index contributed by atoms with van der Waals surface area (Å²) in [5.74, 6) is -1.47. The molecule has 5 heteroatoms. The van der Waals surface area contributed by atoms with E-state index in [1.165, 1.54) is 11.0 Å². The molecule has 2 aromatic carbocycles. The van der Waals surface area contributed by atoms with Gasteiger partial charge in [0.1, 0.15) is 12.4 Å². The van der Waals surface area contributed by atoms with E-state index in [4.69, 9.17) is 4.74 Å². The largest absolute Gasteiger partial charge is 0.465 e. The Bertz CT molecular complexity index is 718. The summed E-state index contributed by atoms with van der Waals surface area (Å²) >= 11 is 0. The number of ether oxygens (including phenoxy) is 1. The number of esters is 1. The molecule has 25 heavy (non-hydrogen) atoms. The quantitative estimate of drug-likeness (QED) is 0.724. The molecule has 132 valence electrons. The number of benzene rings is 2. The number of hydrogen-bond donors (Lipinski definition) is 0. The van der Waals surface area contributed by atoms with Crippen LogP contribution in [0.1, 0.15) is 30.4 Å². The fourth-order valence-corrected chi connectivity index (χ4v) is 2.67. The second kappa shape index (κ2) is 8.97. The van der Waals surface area contributed by atoms with Crippen LogP contribution < -0.4 is 0 Å². The Morgan fingerprint density at radius 1 is 1.08 bits per heavy atom. The Labute approximate surface area is 147 Å². The van der Waals surface area contributed by atoms with Crippen LogP contribution in [0.4, 0.5) is 4.39 Å². The van der Waals surface area contributed by atoms with Crippen LogP contribution >= 0.6 is 0 Å². The molecule has 0 aromatic heterocycles. The molecule has 0 spiro atoms. The van der Waals surface area contributed by atoms with Crippen molar-refractivity contribution in [2.75, 3.05) is 20.2 Å². The van der Waals surface area contributed by atoms with Gasteiger partial charge in [-0.25, -0.2) is 4.39 Å². The van der Waals surface area contributed by atoms with Gasteiger partial charge in [0.25, 0.3) is 0 Å². The molecule has 0 aliphatic heterocycles. The second-order valence-electron chi connectivity index (χ2n) is 5.74. The van der Waals surface area contributed by atoms with Crippen molar-refractivity contribution in [1.29, 1.82) is 0 Å². The van der Waals surface area contributed by atoms with E-state index < -0.39 is 11.9 Å². The van der Waals surface area contributed by atoms with Crippen LogP contribution in [0.25, 0.3) is 0 Å². The van der Waals surface area contributed by atoms with Crippen molar-refractivity contribution in [3.8, 4) is 0 Å². The van der Waals surface area contributed by atoms with E-state index in [0.717, 1.165) is 5.56 Å². The van der Waals surface area contributed by atoms with Gasteiger partial charge in [-0.2, -0.15) is 0 Å². The molecular formula is C20H22FNO3. The van der Waals surface area contributed by atoms with Crippen molar-refractivity contribution < 1.29 is 18.7 Å². The molecule has 0 saturated carbocycles. The number of nitrogens with zero attached hydrogens (tertiary/aromatic N) is 1. The lowest BCUT2D eigenvalue weighted by Crippen LogP contribution is -2.34. The van der Waals surface area contributed by atoms with Gasteiger partial charge >= 0.3 is 5.97 Å². The van der Waals surface area contributed by atoms with Crippen LogP contribution in [0.5, 0.6) is 0 Å². The number of carbonyl (C=O) groups excluding carboxylic acids is 2. The number of hydrogen-bond acceptors (Lipinski definition) is 3. The van der Waals surface area contributed by atoms with Crippen molar-refractivity contribution >= 4 is 11.9 Å². The molecule has 1 atom stereocenters. The fourth-order valence-electron chi connectivity index (χ4n) is 2.67. The van der Waals surface area contributed by atoms with Crippen molar-refractivity contribution in [2.45, 2.75) is 19.3 Å². The molecule has 0 fully saturated rings. The molecule has 1 amide bonds. The molecule has 0 N–H and O–H groups in total. The summed E-state index contributed by atoms with van der Waals surface area (Å²) < 4.78 is 19.2. The third-order valence-corrected chi connectivity index (χ3v) is 3.96. The summed E-state index contributed by atoms with van der Waals surface area (Å²) in [5.41, 5.74) is 1.32. The molecule has 0 bridgehead atoms. The van der Waals surface area contributed by atoms with Gasteiger partial charge < -0.3 is 9.64 Å². The zero-order valence-electron chi connectivity index (χ0n) is 14.4. The highest BCUT2D eigenvalue weighted by Gasteiger charge is 2.23. The van der Waals surface area contributed by atoms with E-state index in [-0.39, 0.29) is 31.3 Å². The van der Waals surface area contributed by atoms with E-state index in [1.54, 1.807) is 32.2 Å². The minimum absolute atomic E-state index is 0.0703. The summed E-state index contributed by atoms with van der Waals surface area (Å²) in [4.78, 5) is 25.4. The summed E-state index contributed by atoms with van der Waals surface area (Å²) in [6.07, 6.45) is 0.0703. The van der Waals surface area contributed by atoms with E-state index in [2.05, 4.69) is 0 Å². The maximum Gasteiger partial charge on any atom is 0.325 e. The smallest absolute Gasteiger partial charge is 0.325 e. The van der Waals surface area contributed by atoms with Crippen LogP contribution in [0.3, 0.4) is 0 Å². The van der Waals surface area contributed by atoms with Crippen molar-refractivity contribution in [1.82, 2.24) is 4.90 Å². The molecule has 0 saturated heterocycles. The lowest BCUT2D eigenvalue weighted by Gasteiger charge is -2.22. The zero-order chi connectivity index (χ0) is 18.2. The average molecular weight is 343 g/mol. The Balaban J connectivity index is 2.21. The highest BCUT2D eigenvalue weighted by Crippen LogP contribution is 2.30. The third-order valence-electron chi connectivity index (χ3n) is 3.96. The van der Waals surface area contributed by atoms with Gasteiger partial charge in [0.15, 0.2) is 0 Å². The SMILES string of the molecule is CCOC(=O)CN(C)C(=O)C[C@@H](c1ccccc1)c1ccccc1F. The first kappa shape index (κ1) is 18.6. The molecule has 4 nitrogen and oxygen atoms in total. The molecular weight excluding hydrogens is 321 g/mol. The Morgan fingerprint density at radius 2 is 1.72 bits per heavy atom. The highest BCUT2D eigenvalue weighted by molar-refractivity contribution is 5.82. The van der Waals surface area contributed by atoms with E-state index in [0.29, 0.717) is 5.56 Å². The minimum Gasteiger partial charge on any atom is -0.465 e. The Kier molecular flexibility index (Phi) is 6.69. The lowest BCUT2D eigenvalue weighted by molar-refractivity contribution is -0.148. The lowest BCUT2D eigenvalue weighted by atomic mass is 9.88.